The van der Waals surface area contributed by atoms with E-state index in [1.54, 1.807) is 6.92 Å². The zero-order valence-electron chi connectivity index (χ0n) is 7.61. The molecule has 2 N–H and O–H groups in total. The fourth-order valence-corrected chi connectivity index (χ4v) is 2.09. The fraction of sp³-hybridized carbons (Fsp3) is 0.143. The molecule has 0 aromatic carbocycles. The van der Waals surface area contributed by atoms with Crippen LogP contribution in [0.2, 0.25) is 0 Å². The molecule has 0 radical (unpaired) electrons. The van der Waals surface area contributed by atoms with Gasteiger partial charge >= 0.3 is 0 Å². The first-order valence-electron chi connectivity index (χ1n) is 3.97. The second-order valence-electron chi connectivity index (χ2n) is 2.66. The van der Waals surface area contributed by atoms with E-state index in [1.807, 2.05) is 0 Å². The number of aryl methyl sites for hydroxylation is 1. The molecule has 8 heteroatoms. The first-order valence-corrected chi connectivity index (χ1v) is 5.58. The van der Waals surface area contributed by atoms with E-state index in [0.29, 0.717) is 14.7 Å². The van der Waals surface area contributed by atoms with E-state index < -0.39 is 0 Å². The Bertz CT molecular complexity index is 536. The number of aromatic amines is 2. The SMILES string of the molecule is Cc1nc(Sc2nc[nH]c(=O)c2Br)n[nH]1. The number of nitrogens with one attached hydrogen (secondary N) is 2. The van der Waals surface area contributed by atoms with Crippen molar-refractivity contribution in [3.8, 4) is 0 Å². The second-order valence-corrected chi connectivity index (χ2v) is 4.41. The van der Waals surface area contributed by atoms with Gasteiger partial charge in [0.05, 0.1) is 6.33 Å². The van der Waals surface area contributed by atoms with Gasteiger partial charge in [0.25, 0.3) is 5.56 Å². The normalized spacial score (nSPS) is 10.5. The predicted molar refractivity (Wildman–Crippen MR) is 57.8 cm³/mol. The Labute approximate surface area is 97.1 Å². The smallest absolute Gasteiger partial charge is 0.266 e. The number of aromatic nitrogens is 5. The number of halogens is 1. The summed E-state index contributed by atoms with van der Waals surface area (Å²) in [6, 6.07) is 0. The summed E-state index contributed by atoms with van der Waals surface area (Å²) in [5.74, 6) is 0.721. The Kier molecular flexibility index (Phi) is 2.87. The van der Waals surface area contributed by atoms with Crippen LogP contribution in [-0.2, 0) is 0 Å². The Morgan fingerprint density at radius 3 is 3.00 bits per heavy atom. The summed E-state index contributed by atoms with van der Waals surface area (Å²) >= 11 is 4.37. The third kappa shape index (κ3) is 2.26. The van der Waals surface area contributed by atoms with Crippen LogP contribution >= 0.6 is 27.7 Å². The van der Waals surface area contributed by atoms with Crippen LogP contribution in [-0.4, -0.2) is 25.1 Å². The molecule has 0 atom stereocenters. The zero-order chi connectivity index (χ0) is 10.8. The molecule has 0 aliphatic rings. The van der Waals surface area contributed by atoms with Gasteiger partial charge in [-0.2, -0.15) is 0 Å². The summed E-state index contributed by atoms with van der Waals surface area (Å²) in [6.45, 7) is 1.80. The summed E-state index contributed by atoms with van der Waals surface area (Å²) in [4.78, 5) is 21.8. The molecule has 0 bridgehead atoms. The van der Waals surface area contributed by atoms with Gasteiger partial charge in [0.2, 0.25) is 5.16 Å². The molecule has 0 saturated carbocycles. The molecule has 6 nitrogen and oxygen atoms in total. The van der Waals surface area contributed by atoms with Crippen LogP contribution in [0.3, 0.4) is 0 Å². The number of H-pyrrole nitrogens is 2. The lowest BCUT2D eigenvalue weighted by Crippen LogP contribution is -2.07. The van der Waals surface area contributed by atoms with Crippen molar-refractivity contribution in [1.29, 1.82) is 0 Å². The number of nitrogens with zero attached hydrogens (tertiary/aromatic N) is 3. The Balaban J connectivity index is 2.32. The van der Waals surface area contributed by atoms with Crippen LogP contribution in [0.15, 0.2) is 25.8 Å². The van der Waals surface area contributed by atoms with Crippen LogP contribution in [0.4, 0.5) is 0 Å². The maximum atomic E-state index is 11.2. The molecule has 2 heterocycles. The van der Waals surface area contributed by atoms with E-state index in [9.17, 15) is 4.79 Å². The van der Waals surface area contributed by atoms with Gasteiger partial charge in [-0.15, -0.1) is 5.10 Å². The molecular weight excluding hydrogens is 282 g/mol. The van der Waals surface area contributed by atoms with Crippen molar-refractivity contribution in [2.75, 3.05) is 0 Å². The van der Waals surface area contributed by atoms with Crippen molar-refractivity contribution >= 4 is 27.7 Å². The zero-order valence-corrected chi connectivity index (χ0v) is 10.0. The van der Waals surface area contributed by atoms with Gasteiger partial charge in [-0.25, -0.2) is 9.97 Å². The van der Waals surface area contributed by atoms with E-state index in [1.165, 1.54) is 18.1 Å². The minimum Gasteiger partial charge on any atom is -0.312 e. The monoisotopic (exact) mass is 287 g/mol. The molecular formula is C7H6BrN5OS. The van der Waals surface area contributed by atoms with Gasteiger partial charge in [0.1, 0.15) is 15.3 Å². The third-order valence-corrected chi connectivity index (χ3v) is 3.40. The van der Waals surface area contributed by atoms with Crippen molar-refractivity contribution in [3.05, 3.63) is 27.0 Å². The predicted octanol–water partition coefficient (Wildman–Crippen LogP) is 1.11. The Morgan fingerprint density at radius 1 is 1.53 bits per heavy atom. The Hall–Kier alpha value is -1.15. The largest absolute Gasteiger partial charge is 0.312 e. The molecule has 2 aromatic heterocycles. The van der Waals surface area contributed by atoms with E-state index in [4.69, 9.17) is 0 Å². The average Bonchev–Trinajstić information content (AvgIpc) is 2.59. The summed E-state index contributed by atoms with van der Waals surface area (Å²) in [5, 5.41) is 7.72. The lowest BCUT2D eigenvalue weighted by atomic mass is 10.7. The number of rotatable bonds is 2. The van der Waals surface area contributed by atoms with Crippen molar-refractivity contribution in [3.63, 3.8) is 0 Å². The minimum absolute atomic E-state index is 0.222. The van der Waals surface area contributed by atoms with Crippen LogP contribution < -0.4 is 5.56 Å². The van der Waals surface area contributed by atoms with Gasteiger partial charge in [-0.3, -0.25) is 9.89 Å². The van der Waals surface area contributed by atoms with Crippen LogP contribution in [0.25, 0.3) is 0 Å². The molecule has 0 aliphatic carbocycles. The third-order valence-electron chi connectivity index (χ3n) is 1.53. The standard InChI is InChI=1S/C7H6BrN5OS/c1-3-11-7(13-12-3)15-6-4(8)5(14)9-2-10-6/h2H,1H3,(H,9,10,14)(H,11,12,13). The molecule has 2 aromatic rings. The lowest BCUT2D eigenvalue weighted by molar-refractivity contribution is 0.949. The van der Waals surface area contributed by atoms with E-state index >= 15 is 0 Å². The summed E-state index contributed by atoms with van der Waals surface area (Å²) < 4.78 is 0.387. The molecule has 2 rings (SSSR count). The summed E-state index contributed by atoms with van der Waals surface area (Å²) in [5.41, 5.74) is -0.222. The highest BCUT2D eigenvalue weighted by Crippen LogP contribution is 2.26. The molecule has 0 aliphatic heterocycles. The van der Waals surface area contributed by atoms with E-state index in [-0.39, 0.29) is 5.56 Å². The quantitative estimate of drug-likeness (QED) is 0.808. The molecule has 0 fully saturated rings. The molecule has 78 valence electrons. The van der Waals surface area contributed by atoms with Crippen LogP contribution in [0.5, 0.6) is 0 Å². The minimum atomic E-state index is -0.222. The van der Waals surface area contributed by atoms with Gasteiger partial charge in [0, 0.05) is 0 Å². The van der Waals surface area contributed by atoms with Gasteiger partial charge in [-0.1, -0.05) is 0 Å². The van der Waals surface area contributed by atoms with Crippen molar-refractivity contribution in [2.45, 2.75) is 17.1 Å². The van der Waals surface area contributed by atoms with Gasteiger partial charge < -0.3 is 4.98 Å². The van der Waals surface area contributed by atoms with Crippen molar-refractivity contribution in [2.24, 2.45) is 0 Å². The molecule has 0 unspecified atom stereocenters. The maximum Gasteiger partial charge on any atom is 0.266 e. The van der Waals surface area contributed by atoms with Crippen molar-refractivity contribution < 1.29 is 0 Å². The molecule has 0 amide bonds. The molecule has 0 saturated heterocycles. The molecule has 0 spiro atoms. The first-order chi connectivity index (χ1) is 7.16. The van der Waals surface area contributed by atoms with Crippen LogP contribution in [0.1, 0.15) is 5.82 Å². The average molecular weight is 288 g/mol. The van der Waals surface area contributed by atoms with Crippen molar-refractivity contribution in [1.82, 2.24) is 25.1 Å². The topological polar surface area (TPSA) is 87.3 Å². The summed E-state index contributed by atoms with van der Waals surface area (Å²) in [6.07, 6.45) is 1.34. The number of hydrogen-bond acceptors (Lipinski definition) is 5. The first kappa shape index (κ1) is 10.4. The highest BCUT2D eigenvalue weighted by Gasteiger charge is 2.09. The highest BCUT2D eigenvalue weighted by molar-refractivity contribution is 9.10. The fourth-order valence-electron chi connectivity index (χ4n) is 0.892. The lowest BCUT2D eigenvalue weighted by Gasteiger charge is -1.96. The number of hydrogen-bond donors (Lipinski definition) is 2. The van der Waals surface area contributed by atoms with E-state index in [2.05, 4.69) is 41.1 Å². The highest BCUT2D eigenvalue weighted by atomic mass is 79.9. The second kappa shape index (κ2) is 4.15. The van der Waals surface area contributed by atoms with Gasteiger partial charge in [-0.05, 0) is 34.6 Å². The summed E-state index contributed by atoms with van der Waals surface area (Å²) in [7, 11) is 0. The Morgan fingerprint density at radius 2 is 2.33 bits per heavy atom. The van der Waals surface area contributed by atoms with Gasteiger partial charge in [0.15, 0.2) is 0 Å². The maximum absolute atomic E-state index is 11.2. The van der Waals surface area contributed by atoms with E-state index in [0.717, 1.165) is 5.82 Å². The van der Waals surface area contributed by atoms with Crippen LogP contribution in [0, 0.1) is 6.92 Å². The molecule has 15 heavy (non-hydrogen) atoms.